The van der Waals surface area contributed by atoms with Crippen LogP contribution in [-0.4, -0.2) is 39.7 Å². The third-order valence-corrected chi connectivity index (χ3v) is 6.74. The van der Waals surface area contributed by atoms with Gasteiger partial charge in [0, 0.05) is 28.1 Å². The fraction of sp³-hybridized carbons (Fsp3) is 0.211. The summed E-state index contributed by atoms with van der Waals surface area (Å²) in [5.74, 6) is 0.476. The number of oxazole rings is 1. The van der Waals surface area contributed by atoms with Gasteiger partial charge in [0.2, 0.25) is 26.6 Å². The smallest absolute Gasteiger partial charge is 0.236 e. The van der Waals surface area contributed by atoms with Crippen molar-refractivity contribution in [2.75, 3.05) is 31.2 Å². The molecule has 0 bridgehead atoms. The largest absolute Gasteiger partial charge is 0.419 e. The molecule has 1 aliphatic rings. The molecule has 0 radical (unpaired) electrons. The number of anilines is 1. The second kappa shape index (κ2) is 7.87. The van der Waals surface area contributed by atoms with Crippen LogP contribution in [0.2, 0.25) is 5.02 Å². The second-order valence-electron chi connectivity index (χ2n) is 6.20. The molecule has 9 heteroatoms. The molecule has 0 unspecified atom stereocenters. The van der Waals surface area contributed by atoms with Crippen LogP contribution < -0.4 is 4.90 Å². The van der Waals surface area contributed by atoms with Crippen molar-refractivity contribution in [1.82, 2.24) is 4.98 Å². The van der Waals surface area contributed by atoms with Crippen LogP contribution in [0.1, 0.15) is 0 Å². The number of hydrogen-bond donors (Lipinski definition) is 0. The lowest BCUT2D eigenvalue weighted by molar-refractivity contribution is 0.120. The van der Waals surface area contributed by atoms with Crippen LogP contribution in [0.25, 0.3) is 11.5 Å². The molecule has 1 aliphatic heterocycles. The molecule has 0 N–H and O–H groups in total. The Kier molecular flexibility index (Phi) is 5.46. The van der Waals surface area contributed by atoms with Crippen molar-refractivity contribution in [3.8, 4) is 11.5 Å². The first-order chi connectivity index (χ1) is 13.4. The van der Waals surface area contributed by atoms with E-state index in [1.165, 1.54) is 24.3 Å². The molecule has 1 aromatic heterocycles. The van der Waals surface area contributed by atoms with Gasteiger partial charge in [-0.3, -0.25) is 0 Å². The minimum Gasteiger partial charge on any atom is -0.419 e. The number of ether oxygens (including phenoxy) is 1. The van der Waals surface area contributed by atoms with E-state index >= 15 is 0 Å². The van der Waals surface area contributed by atoms with Crippen LogP contribution in [-0.2, 0) is 14.6 Å². The van der Waals surface area contributed by atoms with Gasteiger partial charge >= 0.3 is 0 Å². The molecule has 0 aliphatic carbocycles. The molecule has 0 amide bonds. The van der Waals surface area contributed by atoms with Crippen molar-refractivity contribution in [3.05, 3.63) is 58.0 Å². The highest BCUT2D eigenvalue weighted by Gasteiger charge is 2.32. The Morgan fingerprint density at radius 2 is 1.79 bits per heavy atom. The number of halogens is 2. The normalized spacial score (nSPS) is 15.0. The third kappa shape index (κ3) is 3.82. The van der Waals surface area contributed by atoms with E-state index in [2.05, 4.69) is 20.9 Å². The van der Waals surface area contributed by atoms with E-state index in [9.17, 15) is 8.42 Å². The summed E-state index contributed by atoms with van der Waals surface area (Å²) in [7, 11) is -3.89. The highest BCUT2D eigenvalue weighted by Crippen LogP contribution is 2.35. The summed E-state index contributed by atoms with van der Waals surface area (Å²) in [4.78, 5) is 6.34. The first kappa shape index (κ1) is 19.4. The van der Waals surface area contributed by atoms with Crippen molar-refractivity contribution in [2.45, 2.75) is 9.92 Å². The van der Waals surface area contributed by atoms with Crippen molar-refractivity contribution in [2.24, 2.45) is 0 Å². The quantitative estimate of drug-likeness (QED) is 0.547. The Bertz CT molecular complexity index is 1090. The highest BCUT2D eigenvalue weighted by molar-refractivity contribution is 9.10. The SMILES string of the molecule is O=S(=O)(c1ccc(Cl)cc1)c1nc(-c2cccc(Br)c2)oc1N1CCOCC1. The minimum absolute atomic E-state index is 0.105. The number of aromatic nitrogens is 1. The molecule has 1 saturated heterocycles. The molecule has 4 rings (SSSR count). The number of morpholine rings is 1. The zero-order valence-electron chi connectivity index (χ0n) is 14.6. The lowest BCUT2D eigenvalue weighted by Crippen LogP contribution is -2.36. The zero-order chi connectivity index (χ0) is 19.7. The van der Waals surface area contributed by atoms with Crippen LogP contribution in [0.3, 0.4) is 0 Å². The van der Waals surface area contributed by atoms with E-state index in [4.69, 9.17) is 20.8 Å². The summed E-state index contributed by atoms with van der Waals surface area (Å²) in [6, 6.07) is 13.4. The molecule has 146 valence electrons. The van der Waals surface area contributed by atoms with E-state index in [0.717, 1.165) is 4.47 Å². The standard InChI is InChI=1S/C19H16BrClN2O4S/c20-14-3-1-2-13(12-14)17-22-18(19(27-17)23-8-10-26-11-9-23)28(24,25)16-6-4-15(21)5-7-16/h1-7,12H,8-11H2. The van der Waals surface area contributed by atoms with Crippen LogP contribution in [0, 0.1) is 0 Å². The highest BCUT2D eigenvalue weighted by atomic mass is 79.9. The maximum absolute atomic E-state index is 13.3. The van der Waals surface area contributed by atoms with E-state index in [0.29, 0.717) is 36.9 Å². The monoisotopic (exact) mass is 482 g/mol. The van der Waals surface area contributed by atoms with Crippen molar-refractivity contribution >= 4 is 43.3 Å². The van der Waals surface area contributed by atoms with Gasteiger partial charge in [0.25, 0.3) is 0 Å². The number of hydrogen-bond acceptors (Lipinski definition) is 6. The third-order valence-electron chi connectivity index (χ3n) is 4.33. The van der Waals surface area contributed by atoms with Crippen LogP contribution in [0.15, 0.2) is 67.3 Å². The average Bonchev–Trinajstić information content (AvgIpc) is 3.15. The number of benzene rings is 2. The van der Waals surface area contributed by atoms with Crippen molar-refractivity contribution in [3.63, 3.8) is 0 Å². The molecule has 28 heavy (non-hydrogen) atoms. The summed E-state index contributed by atoms with van der Waals surface area (Å²) >= 11 is 9.32. The number of sulfone groups is 1. The predicted octanol–water partition coefficient (Wildman–Crippen LogP) is 4.43. The Labute approximate surface area is 176 Å². The lowest BCUT2D eigenvalue weighted by atomic mass is 10.2. The second-order valence-corrected chi connectivity index (χ2v) is 9.41. The van der Waals surface area contributed by atoms with Gasteiger partial charge in [-0.05, 0) is 42.5 Å². The average molecular weight is 484 g/mol. The van der Waals surface area contributed by atoms with E-state index in [1.54, 1.807) is 0 Å². The molecule has 3 aromatic rings. The van der Waals surface area contributed by atoms with Crippen LogP contribution in [0.4, 0.5) is 5.88 Å². The van der Waals surface area contributed by atoms with Gasteiger partial charge in [-0.2, -0.15) is 4.98 Å². The van der Waals surface area contributed by atoms with E-state index in [-0.39, 0.29) is 21.7 Å². The summed E-state index contributed by atoms with van der Waals surface area (Å²) in [6.45, 7) is 2.03. The molecule has 2 aromatic carbocycles. The summed E-state index contributed by atoms with van der Waals surface area (Å²) in [5, 5.41) is 0.356. The molecule has 6 nitrogen and oxygen atoms in total. The van der Waals surface area contributed by atoms with Crippen LogP contribution in [0.5, 0.6) is 0 Å². The van der Waals surface area contributed by atoms with Crippen molar-refractivity contribution in [1.29, 1.82) is 0 Å². The summed E-state index contributed by atoms with van der Waals surface area (Å²) < 4.78 is 38.8. The fourth-order valence-corrected chi connectivity index (χ4v) is 4.76. The van der Waals surface area contributed by atoms with Gasteiger partial charge < -0.3 is 14.1 Å². The number of nitrogens with zero attached hydrogens (tertiary/aromatic N) is 2. The first-order valence-corrected chi connectivity index (χ1v) is 11.2. The van der Waals surface area contributed by atoms with Gasteiger partial charge in [0.1, 0.15) is 0 Å². The maximum atomic E-state index is 13.3. The van der Waals surface area contributed by atoms with Gasteiger partial charge in [0.15, 0.2) is 0 Å². The molecule has 2 heterocycles. The Morgan fingerprint density at radius 1 is 1.07 bits per heavy atom. The van der Waals surface area contributed by atoms with Gasteiger partial charge in [-0.15, -0.1) is 0 Å². The molecule has 0 spiro atoms. The molecule has 0 saturated carbocycles. The predicted molar refractivity (Wildman–Crippen MR) is 110 cm³/mol. The number of rotatable bonds is 4. The van der Waals surface area contributed by atoms with Gasteiger partial charge in [0.05, 0.1) is 18.1 Å². The Balaban J connectivity index is 1.85. The molecular weight excluding hydrogens is 468 g/mol. The Hall–Kier alpha value is -1.87. The lowest BCUT2D eigenvalue weighted by Gasteiger charge is -2.26. The summed E-state index contributed by atoms with van der Waals surface area (Å²) in [6.07, 6.45) is 0. The van der Waals surface area contributed by atoms with E-state index < -0.39 is 9.84 Å². The zero-order valence-corrected chi connectivity index (χ0v) is 17.8. The first-order valence-electron chi connectivity index (χ1n) is 8.55. The van der Waals surface area contributed by atoms with Gasteiger partial charge in [-0.25, -0.2) is 8.42 Å². The van der Waals surface area contributed by atoms with Crippen molar-refractivity contribution < 1.29 is 17.6 Å². The van der Waals surface area contributed by atoms with Gasteiger partial charge in [-0.1, -0.05) is 33.6 Å². The molecule has 1 fully saturated rings. The van der Waals surface area contributed by atoms with Crippen LogP contribution >= 0.6 is 27.5 Å². The Morgan fingerprint density at radius 3 is 2.46 bits per heavy atom. The minimum atomic E-state index is -3.89. The molecule has 0 atom stereocenters. The molecular formula is C19H16BrClN2O4S. The van der Waals surface area contributed by atoms with E-state index in [1.807, 2.05) is 29.2 Å². The fourth-order valence-electron chi connectivity index (χ4n) is 2.91. The topological polar surface area (TPSA) is 72.6 Å². The summed E-state index contributed by atoms with van der Waals surface area (Å²) in [5.41, 5.74) is 0.682. The maximum Gasteiger partial charge on any atom is 0.236 e.